The fraction of sp³-hybridized carbons (Fsp3) is 0.786. The summed E-state index contributed by atoms with van der Waals surface area (Å²) in [6, 6.07) is 0.294. The van der Waals surface area contributed by atoms with Crippen molar-refractivity contribution in [2.75, 3.05) is 20.2 Å². The highest BCUT2D eigenvalue weighted by molar-refractivity contribution is 5.75. The van der Waals surface area contributed by atoms with Gasteiger partial charge in [-0.3, -0.25) is 9.69 Å². The lowest BCUT2D eigenvalue weighted by Crippen LogP contribution is -2.52. The Balaban J connectivity index is 2.25. The maximum absolute atomic E-state index is 11.9. The van der Waals surface area contributed by atoms with Crippen LogP contribution in [0.5, 0.6) is 0 Å². The Morgan fingerprint density at radius 1 is 1.35 bits per heavy atom. The summed E-state index contributed by atoms with van der Waals surface area (Å²) in [5, 5.41) is 0. The molecule has 2 aliphatic rings. The Morgan fingerprint density at radius 2 is 2.00 bits per heavy atom. The monoisotopic (exact) mass is 237 g/mol. The number of carbonyl (C=O) groups is 1. The number of nitrogens with zero attached hydrogens (tertiary/aromatic N) is 1. The molecule has 0 bridgehead atoms. The van der Waals surface area contributed by atoms with Crippen LogP contribution in [0, 0.1) is 11.3 Å². The van der Waals surface area contributed by atoms with Gasteiger partial charge in [-0.15, -0.1) is 0 Å². The predicted molar refractivity (Wildman–Crippen MR) is 67.6 cm³/mol. The largest absolute Gasteiger partial charge is 0.469 e. The van der Waals surface area contributed by atoms with Crippen molar-refractivity contribution in [1.29, 1.82) is 0 Å². The van der Waals surface area contributed by atoms with E-state index in [4.69, 9.17) is 4.74 Å². The Morgan fingerprint density at radius 3 is 2.59 bits per heavy atom. The Kier molecular flexibility index (Phi) is 3.57. The van der Waals surface area contributed by atoms with Gasteiger partial charge < -0.3 is 4.74 Å². The van der Waals surface area contributed by atoms with Crippen LogP contribution < -0.4 is 0 Å². The normalized spacial score (nSPS) is 32.6. The van der Waals surface area contributed by atoms with Crippen LogP contribution in [0.2, 0.25) is 0 Å². The number of allylic oxidation sites excluding steroid dienone is 1. The van der Waals surface area contributed by atoms with Crippen LogP contribution in [-0.4, -0.2) is 37.1 Å². The zero-order valence-electron chi connectivity index (χ0n) is 11.1. The van der Waals surface area contributed by atoms with Crippen molar-refractivity contribution in [2.24, 2.45) is 11.3 Å². The molecule has 0 aromatic carbocycles. The van der Waals surface area contributed by atoms with E-state index in [1.165, 1.54) is 20.0 Å². The molecule has 17 heavy (non-hydrogen) atoms. The molecule has 0 amide bonds. The van der Waals surface area contributed by atoms with Crippen LogP contribution in [0.3, 0.4) is 0 Å². The number of methoxy groups -OCH3 is 1. The highest BCUT2D eigenvalue weighted by Crippen LogP contribution is 2.40. The van der Waals surface area contributed by atoms with Crippen molar-refractivity contribution < 1.29 is 9.53 Å². The first-order valence-corrected chi connectivity index (χ1v) is 6.55. The third-order valence-corrected chi connectivity index (χ3v) is 4.14. The molecule has 0 N–H and O–H groups in total. The molecule has 3 heteroatoms. The summed E-state index contributed by atoms with van der Waals surface area (Å²) in [6.45, 7) is 6.76. The molecule has 1 saturated heterocycles. The molecule has 0 aromatic rings. The van der Waals surface area contributed by atoms with Crippen LogP contribution in [0.25, 0.3) is 0 Å². The van der Waals surface area contributed by atoms with Crippen LogP contribution in [0.15, 0.2) is 12.2 Å². The molecule has 0 radical (unpaired) electrons. The topological polar surface area (TPSA) is 29.5 Å². The fourth-order valence-corrected chi connectivity index (χ4v) is 3.32. The molecule has 0 aromatic heterocycles. The highest BCUT2D eigenvalue weighted by Gasteiger charge is 2.44. The van der Waals surface area contributed by atoms with Gasteiger partial charge >= 0.3 is 5.97 Å². The number of hydrogen-bond acceptors (Lipinski definition) is 3. The highest BCUT2D eigenvalue weighted by atomic mass is 16.5. The number of esters is 1. The second kappa shape index (κ2) is 4.81. The zero-order valence-corrected chi connectivity index (χ0v) is 11.1. The van der Waals surface area contributed by atoms with Crippen LogP contribution in [0.4, 0.5) is 0 Å². The molecule has 2 atom stereocenters. The van der Waals surface area contributed by atoms with Crippen molar-refractivity contribution in [3.63, 3.8) is 0 Å². The van der Waals surface area contributed by atoms with E-state index >= 15 is 0 Å². The number of hydrogen-bond donors (Lipinski definition) is 0. The van der Waals surface area contributed by atoms with Gasteiger partial charge in [0.05, 0.1) is 13.0 Å². The van der Waals surface area contributed by atoms with Gasteiger partial charge in [0.2, 0.25) is 0 Å². The fourth-order valence-electron chi connectivity index (χ4n) is 3.32. The maximum atomic E-state index is 11.9. The molecule has 2 unspecified atom stereocenters. The molecule has 0 saturated carbocycles. The van der Waals surface area contributed by atoms with E-state index in [9.17, 15) is 4.79 Å². The number of rotatable bonds is 2. The maximum Gasteiger partial charge on any atom is 0.314 e. The van der Waals surface area contributed by atoms with Gasteiger partial charge in [-0.05, 0) is 37.8 Å². The van der Waals surface area contributed by atoms with Crippen LogP contribution in [-0.2, 0) is 9.53 Å². The molecule has 0 spiro atoms. The SMILES string of the molecule is COC(=O)C1C=CCC(C)(C)C1N1CCCC1. The number of carbonyl (C=O) groups excluding carboxylic acids is 1. The van der Waals surface area contributed by atoms with Crippen molar-refractivity contribution >= 4 is 5.97 Å². The zero-order chi connectivity index (χ0) is 12.5. The third-order valence-electron chi connectivity index (χ3n) is 4.14. The minimum atomic E-state index is -0.0955. The first kappa shape index (κ1) is 12.6. The van der Waals surface area contributed by atoms with E-state index < -0.39 is 0 Å². The predicted octanol–water partition coefficient (Wildman–Crippen LogP) is 2.23. The molecule has 1 aliphatic heterocycles. The summed E-state index contributed by atoms with van der Waals surface area (Å²) in [5.41, 5.74) is 0.151. The van der Waals surface area contributed by atoms with Gasteiger partial charge in [0, 0.05) is 6.04 Å². The first-order chi connectivity index (χ1) is 8.06. The summed E-state index contributed by atoms with van der Waals surface area (Å²) in [4.78, 5) is 14.4. The second-order valence-electron chi connectivity index (χ2n) is 5.86. The molecular weight excluding hydrogens is 214 g/mol. The van der Waals surface area contributed by atoms with E-state index in [0.29, 0.717) is 6.04 Å². The van der Waals surface area contributed by atoms with E-state index in [0.717, 1.165) is 19.5 Å². The lowest BCUT2D eigenvalue weighted by atomic mass is 9.70. The van der Waals surface area contributed by atoms with E-state index in [-0.39, 0.29) is 17.3 Å². The second-order valence-corrected chi connectivity index (χ2v) is 5.86. The minimum absolute atomic E-state index is 0.0917. The Bertz CT molecular complexity index is 316. The molecule has 2 rings (SSSR count). The van der Waals surface area contributed by atoms with Crippen molar-refractivity contribution in [3.05, 3.63) is 12.2 Å². The molecule has 1 fully saturated rings. The van der Waals surface area contributed by atoms with Crippen molar-refractivity contribution in [3.8, 4) is 0 Å². The summed E-state index contributed by atoms with van der Waals surface area (Å²) < 4.78 is 4.96. The molecule has 1 heterocycles. The lowest BCUT2D eigenvalue weighted by Gasteiger charge is -2.45. The smallest absolute Gasteiger partial charge is 0.314 e. The van der Waals surface area contributed by atoms with Gasteiger partial charge in [0.1, 0.15) is 0 Å². The third kappa shape index (κ3) is 2.39. The molecule has 3 nitrogen and oxygen atoms in total. The van der Waals surface area contributed by atoms with Gasteiger partial charge in [-0.2, -0.15) is 0 Å². The van der Waals surface area contributed by atoms with E-state index in [1.54, 1.807) is 0 Å². The summed E-state index contributed by atoms with van der Waals surface area (Å²) >= 11 is 0. The Hall–Kier alpha value is -0.830. The lowest BCUT2D eigenvalue weighted by molar-refractivity contribution is -0.148. The quantitative estimate of drug-likeness (QED) is 0.545. The van der Waals surface area contributed by atoms with Gasteiger partial charge in [0.15, 0.2) is 0 Å². The van der Waals surface area contributed by atoms with Crippen molar-refractivity contribution in [1.82, 2.24) is 4.90 Å². The molecule has 1 aliphatic carbocycles. The minimum Gasteiger partial charge on any atom is -0.469 e. The van der Waals surface area contributed by atoms with Gasteiger partial charge in [-0.25, -0.2) is 0 Å². The number of ether oxygens (including phenoxy) is 1. The summed E-state index contributed by atoms with van der Waals surface area (Å²) in [7, 11) is 1.48. The summed E-state index contributed by atoms with van der Waals surface area (Å²) in [6.07, 6.45) is 7.73. The first-order valence-electron chi connectivity index (χ1n) is 6.55. The number of likely N-dealkylation sites (tertiary alicyclic amines) is 1. The van der Waals surface area contributed by atoms with E-state index in [2.05, 4.69) is 24.8 Å². The average molecular weight is 237 g/mol. The average Bonchev–Trinajstić information content (AvgIpc) is 2.79. The molecule has 96 valence electrons. The summed E-state index contributed by atoms with van der Waals surface area (Å²) in [5.74, 6) is -0.187. The van der Waals surface area contributed by atoms with Crippen molar-refractivity contribution in [2.45, 2.75) is 39.2 Å². The van der Waals surface area contributed by atoms with Crippen LogP contribution in [0.1, 0.15) is 33.1 Å². The van der Waals surface area contributed by atoms with Gasteiger partial charge in [0.25, 0.3) is 0 Å². The Labute approximate surface area is 104 Å². The van der Waals surface area contributed by atoms with E-state index in [1.807, 2.05) is 6.08 Å². The van der Waals surface area contributed by atoms with Gasteiger partial charge in [-0.1, -0.05) is 26.0 Å². The standard InChI is InChI=1S/C14H23NO2/c1-14(2)8-6-7-11(13(16)17-3)12(14)15-9-4-5-10-15/h6-7,11-12H,4-5,8-10H2,1-3H3. The molecular formula is C14H23NO2. The van der Waals surface area contributed by atoms with Crippen LogP contribution >= 0.6 is 0 Å².